The SMILES string of the molecule is CC(C)(C)c1ccc(C2=CC=CC(OC3=CC=CC(N4c5ncccc5B(c5nc(-c6ccccc6)cc(-c6ccccc6)n5)c5sc6ccccc6c54)C3)C2)nc1. The van der Waals surface area contributed by atoms with Crippen molar-refractivity contribution in [3.05, 3.63) is 181 Å². The fraction of sp³-hybridized carbons (Fsp3) is 0.160. The number of pyridine rings is 2. The first-order valence-corrected chi connectivity index (χ1v) is 20.8. The molecular weight excluding hydrogens is 729 g/mol. The van der Waals surface area contributed by atoms with Crippen molar-refractivity contribution in [1.29, 1.82) is 0 Å². The minimum atomic E-state index is -0.221. The van der Waals surface area contributed by atoms with Crippen LogP contribution in [0.25, 0.3) is 38.2 Å². The quantitative estimate of drug-likeness (QED) is 0.151. The van der Waals surface area contributed by atoms with Gasteiger partial charge in [-0.25, -0.2) is 15.0 Å². The van der Waals surface area contributed by atoms with Gasteiger partial charge in [-0.05, 0) is 58.4 Å². The molecule has 5 heterocycles. The molecule has 0 saturated carbocycles. The van der Waals surface area contributed by atoms with Crippen molar-refractivity contribution in [2.45, 2.75) is 51.2 Å². The van der Waals surface area contributed by atoms with Crippen LogP contribution in [0.2, 0.25) is 0 Å². The molecule has 2 unspecified atom stereocenters. The molecular formula is C50H42BN5OS. The zero-order chi connectivity index (χ0) is 39.2. The number of aromatic nitrogens is 4. The molecule has 282 valence electrons. The van der Waals surface area contributed by atoms with Gasteiger partial charge in [0.05, 0.1) is 34.6 Å². The second-order valence-corrected chi connectivity index (χ2v) is 17.3. The number of hydrogen-bond acceptors (Lipinski definition) is 7. The minimum absolute atomic E-state index is 0.0306. The fourth-order valence-corrected chi connectivity index (χ4v) is 9.62. The van der Waals surface area contributed by atoms with Gasteiger partial charge < -0.3 is 9.64 Å². The number of hydrogen-bond donors (Lipinski definition) is 0. The number of thiophene rings is 1. The Hall–Kier alpha value is -6.38. The van der Waals surface area contributed by atoms with Crippen molar-refractivity contribution in [3.63, 3.8) is 0 Å². The Balaban J connectivity index is 1.01. The molecule has 3 aromatic carbocycles. The molecule has 0 bridgehead atoms. The Morgan fingerprint density at radius 2 is 1.45 bits per heavy atom. The summed E-state index contributed by atoms with van der Waals surface area (Å²) < 4.78 is 9.26. The predicted octanol–water partition coefficient (Wildman–Crippen LogP) is 9.72. The predicted molar refractivity (Wildman–Crippen MR) is 241 cm³/mol. The van der Waals surface area contributed by atoms with Gasteiger partial charge in [-0.15, -0.1) is 11.3 Å². The smallest absolute Gasteiger partial charge is 0.308 e. The molecule has 8 heteroatoms. The van der Waals surface area contributed by atoms with Crippen molar-refractivity contribution >= 4 is 61.2 Å². The maximum absolute atomic E-state index is 6.82. The van der Waals surface area contributed by atoms with E-state index < -0.39 is 0 Å². The van der Waals surface area contributed by atoms with Crippen LogP contribution in [0.4, 0.5) is 11.5 Å². The molecule has 2 atom stereocenters. The number of rotatable bonds is 7. The van der Waals surface area contributed by atoms with Gasteiger partial charge in [0.15, 0.2) is 0 Å². The third kappa shape index (κ3) is 6.77. The summed E-state index contributed by atoms with van der Waals surface area (Å²) in [6.45, 7) is 6.43. The van der Waals surface area contributed by atoms with Crippen molar-refractivity contribution in [1.82, 2.24) is 19.9 Å². The largest absolute Gasteiger partial charge is 0.490 e. The fourth-order valence-electron chi connectivity index (χ4n) is 8.31. The monoisotopic (exact) mass is 771 g/mol. The third-order valence-electron chi connectivity index (χ3n) is 11.3. The van der Waals surface area contributed by atoms with Crippen LogP contribution in [0.1, 0.15) is 44.9 Å². The zero-order valence-corrected chi connectivity index (χ0v) is 33.6. The van der Waals surface area contributed by atoms with Gasteiger partial charge >= 0.3 is 6.71 Å². The summed E-state index contributed by atoms with van der Waals surface area (Å²) >= 11 is 1.83. The molecule has 0 fully saturated rings. The highest BCUT2D eigenvalue weighted by atomic mass is 32.1. The number of benzene rings is 3. The molecule has 3 aliphatic rings. The lowest BCUT2D eigenvalue weighted by atomic mass is 9.41. The lowest BCUT2D eigenvalue weighted by Crippen LogP contribution is -2.60. The zero-order valence-electron chi connectivity index (χ0n) is 32.8. The van der Waals surface area contributed by atoms with Crippen LogP contribution >= 0.6 is 11.3 Å². The summed E-state index contributed by atoms with van der Waals surface area (Å²) in [6, 6.07) is 40.2. The number of anilines is 2. The van der Waals surface area contributed by atoms with Crippen molar-refractivity contribution < 1.29 is 4.74 Å². The lowest BCUT2D eigenvalue weighted by molar-refractivity contribution is 0.147. The van der Waals surface area contributed by atoms with E-state index in [-0.39, 0.29) is 24.3 Å². The van der Waals surface area contributed by atoms with Gasteiger partial charge in [-0.1, -0.05) is 136 Å². The van der Waals surface area contributed by atoms with Crippen LogP contribution in [0.5, 0.6) is 0 Å². The first-order chi connectivity index (χ1) is 28.4. The van der Waals surface area contributed by atoms with E-state index in [9.17, 15) is 0 Å². The Morgan fingerprint density at radius 1 is 0.724 bits per heavy atom. The number of nitrogens with zero attached hydrogens (tertiary/aromatic N) is 5. The van der Waals surface area contributed by atoms with E-state index in [0.717, 1.165) is 63.1 Å². The molecule has 0 N–H and O–H groups in total. The van der Waals surface area contributed by atoms with Crippen LogP contribution in [0.15, 0.2) is 170 Å². The molecule has 10 rings (SSSR count). The third-order valence-corrected chi connectivity index (χ3v) is 12.5. The average molecular weight is 772 g/mol. The maximum atomic E-state index is 6.82. The molecule has 0 saturated heterocycles. The van der Waals surface area contributed by atoms with Crippen LogP contribution in [-0.2, 0) is 10.2 Å². The van der Waals surface area contributed by atoms with E-state index in [1.165, 1.54) is 26.0 Å². The Kier molecular flexibility index (Phi) is 9.22. The van der Waals surface area contributed by atoms with Gasteiger partial charge in [0.2, 0.25) is 0 Å². The van der Waals surface area contributed by atoms with Crippen LogP contribution in [0, 0.1) is 0 Å². The maximum Gasteiger partial charge on any atom is 0.308 e. The van der Waals surface area contributed by atoms with Crippen LogP contribution in [-0.4, -0.2) is 38.8 Å². The molecule has 0 spiro atoms. The number of allylic oxidation sites excluding steroid dienone is 4. The standard InChI is InChI=1S/C50H42BN5OS/c1-50(2,3)36-26-27-42(53-32-36)35-19-12-21-38(29-35)57-39-22-13-20-37(30-39)56-46-40-23-10-11-25-45(40)58-47(46)51(41-24-14-28-52-48(41)56)49-54-43(33-15-6-4-7-16-33)31-44(55-49)34-17-8-5-9-18-34/h4-28,31-32,37-38H,29-30H2,1-3H3. The molecule has 7 aromatic rings. The summed E-state index contributed by atoms with van der Waals surface area (Å²) in [5.74, 6) is 1.87. The highest BCUT2D eigenvalue weighted by Gasteiger charge is 2.43. The van der Waals surface area contributed by atoms with Gasteiger partial charge in [-0.3, -0.25) is 4.98 Å². The first-order valence-electron chi connectivity index (χ1n) is 20.0. The van der Waals surface area contributed by atoms with Gasteiger partial charge in [0.25, 0.3) is 0 Å². The lowest BCUT2D eigenvalue weighted by Gasteiger charge is -2.39. The number of fused-ring (bicyclic) bond motifs is 4. The molecule has 2 aliphatic carbocycles. The normalized spacial score (nSPS) is 17.4. The summed E-state index contributed by atoms with van der Waals surface area (Å²) in [7, 11) is 0. The van der Waals surface area contributed by atoms with Crippen molar-refractivity contribution in [2.24, 2.45) is 0 Å². The molecule has 0 amide bonds. The number of ether oxygens (including phenoxy) is 1. The van der Waals surface area contributed by atoms with Crippen molar-refractivity contribution in [2.75, 3.05) is 4.90 Å². The van der Waals surface area contributed by atoms with Crippen LogP contribution < -0.4 is 20.9 Å². The van der Waals surface area contributed by atoms with Gasteiger partial charge in [-0.2, -0.15) is 0 Å². The summed E-state index contributed by atoms with van der Waals surface area (Å²) in [5.41, 5.74) is 10.4. The van der Waals surface area contributed by atoms with Gasteiger partial charge in [0.1, 0.15) is 17.6 Å². The highest BCUT2D eigenvalue weighted by Crippen LogP contribution is 2.41. The van der Waals surface area contributed by atoms with Gasteiger partial charge in [0, 0.05) is 51.2 Å². The van der Waals surface area contributed by atoms with E-state index >= 15 is 0 Å². The minimum Gasteiger partial charge on any atom is -0.490 e. The Bertz CT molecular complexity index is 2710. The average Bonchev–Trinajstić information content (AvgIpc) is 3.65. The second-order valence-electron chi connectivity index (χ2n) is 16.2. The Labute approximate surface area is 344 Å². The van der Waals surface area contributed by atoms with Crippen LogP contribution in [0.3, 0.4) is 0 Å². The summed E-state index contributed by atoms with van der Waals surface area (Å²) in [4.78, 5) is 23.2. The topological polar surface area (TPSA) is 64.0 Å². The molecule has 4 aromatic heterocycles. The summed E-state index contributed by atoms with van der Waals surface area (Å²) in [5, 5.41) is 1.20. The van der Waals surface area contributed by atoms with E-state index in [1.54, 1.807) is 0 Å². The highest BCUT2D eigenvalue weighted by molar-refractivity contribution is 7.33. The Morgan fingerprint density at radius 3 is 2.17 bits per heavy atom. The molecule has 6 nitrogen and oxygen atoms in total. The van der Waals surface area contributed by atoms with E-state index in [1.807, 2.05) is 41.9 Å². The van der Waals surface area contributed by atoms with E-state index in [0.29, 0.717) is 6.42 Å². The molecule has 1 aliphatic heterocycles. The van der Waals surface area contributed by atoms with E-state index in [4.69, 9.17) is 24.7 Å². The molecule has 58 heavy (non-hydrogen) atoms. The molecule has 0 radical (unpaired) electrons. The second kappa shape index (κ2) is 14.9. The van der Waals surface area contributed by atoms with Crippen molar-refractivity contribution in [3.8, 4) is 22.5 Å². The summed E-state index contributed by atoms with van der Waals surface area (Å²) in [6.07, 6.45) is 18.2. The first kappa shape index (κ1) is 36.0. The van der Waals surface area contributed by atoms with E-state index in [2.05, 4.69) is 159 Å².